The Morgan fingerprint density at radius 3 is 2.43 bits per heavy atom. The second-order valence-electron chi connectivity index (χ2n) is 8.25. The molecule has 1 atom stereocenters. The van der Waals surface area contributed by atoms with Crippen LogP contribution < -0.4 is 10.6 Å². The standard InChI is InChI=1S/C17H34N2O4/c1-15(2,3)23-14(20)18-10-8-9-16(4,5)19-11-13-12-21-17(6,7)22-13/h13,19H,8-12H2,1-7H3,(H,18,20)/t13-/m0/s1. The van der Waals surface area contributed by atoms with E-state index in [2.05, 4.69) is 24.5 Å². The van der Waals surface area contributed by atoms with Crippen molar-refractivity contribution in [2.24, 2.45) is 0 Å². The summed E-state index contributed by atoms with van der Waals surface area (Å²) in [5, 5.41) is 6.30. The number of hydrogen-bond acceptors (Lipinski definition) is 5. The summed E-state index contributed by atoms with van der Waals surface area (Å²) in [7, 11) is 0. The Kier molecular flexibility index (Phi) is 6.86. The number of carbonyl (C=O) groups excluding carboxylic acids is 1. The summed E-state index contributed by atoms with van der Waals surface area (Å²) in [4.78, 5) is 11.6. The van der Waals surface area contributed by atoms with Crippen molar-refractivity contribution < 1.29 is 19.0 Å². The molecule has 1 aliphatic heterocycles. The van der Waals surface area contributed by atoms with Gasteiger partial charge in [-0.15, -0.1) is 0 Å². The van der Waals surface area contributed by atoms with Crippen molar-refractivity contribution >= 4 is 6.09 Å². The number of nitrogens with one attached hydrogen (secondary N) is 2. The van der Waals surface area contributed by atoms with Gasteiger partial charge < -0.3 is 24.8 Å². The monoisotopic (exact) mass is 330 g/mol. The van der Waals surface area contributed by atoms with Crippen molar-refractivity contribution in [1.82, 2.24) is 10.6 Å². The lowest BCUT2D eigenvalue weighted by Crippen LogP contribution is -2.44. The second kappa shape index (κ2) is 7.81. The highest BCUT2D eigenvalue weighted by atomic mass is 16.7. The molecule has 0 saturated carbocycles. The van der Waals surface area contributed by atoms with Gasteiger partial charge in [-0.2, -0.15) is 0 Å². The number of alkyl carbamates (subject to hydrolysis) is 1. The van der Waals surface area contributed by atoms with Crippen LogP contribution in [0.1, 0.15) is 61.3 Å². The molecule has 1 aliphatic rings. The Balaban J connectivity index is 2.17. The van der Waals surface area contributed by atoms with Crippen LogP contribution in [-0.4, -0.2) is 48.8 Å². The maximum atomic E-state index is 11.6. The number of ether oxygens (including phenoxy) is 3. The van der Waals surface area contributed by atoms with Crippen molar-refractivity contribution in [3.63, 3.8) is 0 Å². The van der Waals surface area contributed by atoms with Gasteiger partial charge in [-0.25, -0.2) is 4.79 Å². The predicted octanol–water partition coefficient (Wildman–Crippen LogP) is 2.81. The van der Waals surface area contributed by atoms with Crippen LogP contribution in [0, 0.1) is 0 Å². The fourth-order valence-electron chi connectivity index (χ4n) is 2.38. The van der Waals surface area contributed by atoms with Crippen LogP contribution in [0.25, 0.3) is 0 Å². The number of carbonyl (C=O) groups is 1. The van der Waals surface area contributed by atoms with Gasteiger partial charge in [0.1, 0.15) is 5.60 Å². The summed E-state index contributed by atoms with van der Waals surface area (Å²) in [5.74, 6) is -0.478. The molecule has 136 valence electrons. The smallest absolute Gasteiger partial charge is 0.407 e. The first kappa shape index (κ1) is 20.2. The van der Waals surface area contributed by atoms with Crippen LogP contribution in [-0.2, 0) is 14.2 Å². The molecule has 1 heterocycles. The highest BCUT2D eigenvalue weighted by Crippen LogP contribution is 2.22. The molecule has 0 bridgehead atoms. The third-order valence-electron chi connectivity index (χ3n) is 3.52. The third-order valence-corrected chi connectivity index (χ3v) is 3.52. The molecule has 0 aromatic heterocycles. The zero-order valence-corrected chi connectivity index (χ0v) is 15.7. The van der Waals surface area contributed by atoms with E-state index in [1.54, 1.807) is 0 Å². The molecule has 0 aliphatic carbocycles. The zero-order valence-electron chi connectivity index (χ0n) is 15.7. The fourth-order valence-corrected chi connectivity index (χ4v) is 2.38. The second-order valence-corrected chi connectivity index (χ2v) is 8.25. The van der Waals surface area contributed by atoms with Crippen LogP contribution in [0.5, 0.6) is 0 Å². The van der Waals surface area contributed by atoms with Gasteiger partial charge in [-0.05, 0) is 61.3 Å². The van der Waals surface area contributed by atoms with E-state index in [1.807, 2.05) is 34.6 Å². The van der Waals surface area contributed by atoms with Gasteiger partial charge in [0.15, 0.2) is 5.79 Å². The van der Waals surface area contributed by atoms with Gasteiger partial charge in [0.05, 0.1) is 12.7 Å². The van der Waals surface area contributed by atoms with E-state index in [4.69, 9.17) is 14.2 Å². The Bertz CT molecular complexity index is 389. The highest BCUT2D eigenvalue weighted by Gasteiger charge is 2.33. The lowest BCUT2D eigenvalue weighted by molar-refractivity contribution is -0.138. The Labute approximate surface area is 140 Å². The van der Waals surface area contributed by atoms with Crippen molar-refractivity contribution in [2.75, 3.05) is 19.7 Å². The fraction of sp³-hybridized carbons (Fsp3) is 0.941. The van der Waals surface area contributed by atoms with Gasteiger partial charge in [0, 0.05) is 18.6 Å². The minimum absolute atomic E-state index is 0.0221. The van der Waals surface area contributed by atoms with E-state index in [0.29, 0.717) is 13.2 Å². The van der Waals surface area contributed by atoms with E-state index in [1.165, 1.54) is 0 Å². The van der Waals surface area contributed by atoms with Crippen LogP contribution in [0.4, 0.5) is 4.79 Å². The van der Waals surface area contributed by atoms with Gasteiger partial charge in [0.25, 0.3) is 0 Å². The van der Waals surface area contributed by atoms with Gasteiger partial charge in [-0.3, -0.25) is 0 Å². The lowest BCUT2D eigenvalue weighted by atomic mass is 9.98. The summed E-state index contributed by atoms with van der Waals surface area (Å²) < 4.78 is 16.6. The molecule has 6 nitrogen and oxygen atoms in total. The Morgan fingerprint density at radius 1 is 1.26 bits per heavy atom. The molecule has 0 aromatic rings. The van der Waals surface area contributed by atoms with Crippen molar-refractivity contribution in [1.29, 1.82) is 0 Å². The molecule has 23 heavy (non-hydrogen) atoms. The normalized spacial score (nSPS) is 21.3. The molecule has 0 spiro atoms. The minimum Gasteiger partial charge on any atom is -0.444 e. The molecule has 1 saturated heterocycles. The number of amides is 1. The molecule has 1 rings (SSSR count). The van der Waals surface area contributed by atoms with Gasteiger partial charge in [-0.1, -0.05) is 0 Å². The summed E-state index contributed by atoms with van der Waals surface area (Å²) in [6, 6.07) is 0. The number of hydrogen-bond donors (Lipinski definition) is 2. The van der Waals surface area contributed by atoms with E-state index in [9.17, 15) is 4.79 Å². The highest BCUT2D eigenvalue weighted by molar-refractivity contribution is 5.67. The van der Waals surface area contributed by atoms with E-state index in [-0.39, 0.29) is 17.7 Å². The molecule has 0 radical (unpaired) electrons. The van der Waals surface area contributed by atoms with Crippen LogP contribution in [0.15, 0.2) is 0 Å². The summed E-state index contributed by atoms with van der Waals surface area (Å²) in [6.07, 6.45) is 1.55. The third kappa shape index (κ3) is 9.13. The Hall–Kier alpha value is -0.850. The van der Waals surface area contributed by atoms with Crippen molar-refractivity contribution in [3.8, 4) is 0 Å². The molecule has 0 unspecified atom stereocenters. The minimum atomic E-state index is -0.478. The van der Waals surface area contributed by atoms with Gasteiger partial charge in [0.2, 0.25) is 0 Å². The predicted molar refractivity (Wildman–Crippen MR) is 90.5 cm³/mol. The van der Waals surface area contributed by atoms with E-state index < -0.39 is 11.4 Å². The topological polar surface area (TPSA) is 68.8 Å². The molecular formula is C17H34N2O4. The molecule has 6 heteroatoms. The maximum absolute atomic E-state index is 11.6. The zero-order chi connectivity index (χ0) is 17.7. The number of rotatable bonds is 7. The van der Waals surface area contributed by atoms with Crippen LogP contribution in [0.3, 0.4) is 0 Å². The average molecular weight is 330 g/mol. The van der Waals surface area contributed by atoms with Crippen LogP contribution >= 0.6 is 0 Å². The quantitative estimate of drug-likeness (QED) is 0.703. The summed E-state index contributed by atoms with van der Waals surface area (Å²) in [5.41, 5.74) is -0.478. The molecule has 0 aromatic carbocycles. The largest absolute Gasteiger partial charge is 0.444 e. The van der Waals surface area contributed by atoms with E-state index >= 15 is 0 Å². The molecular weight excluding hydrogens is 296 g/mol. The molecule has 1 amide bonds. The van der Waals surface area contributed by atoms with Crippen molar-refractivity contribution in [3.05, 3.63) is 0 Å². The summed E-state index contributed by atoms with van der Waals surface area (Å²) in [6.45, 7) is 15.7. The van der Waals surface area contributed by atoms with Gasteiger partial charge >= 0.3 is 6.09 Å². The maximum Gasteiger partial charge on any atom is 0.407 e. The first-order valence-electron chi connectivity index (χ1n) is 8.42. The van der Waals surface area contributed by atoms with Crippen molar-refractivity contribution in [2.45, 2.75) is 84.3 Å². The Morgan fingerprint density at radius 2 is 1.91 bits per heavy atom. The van der Waals surface area contributed by atoms with Crippen LogP contribution in [0.2, 0.25) is 0 Å². The van der Waals surface area contributed by atoms with E-state index in [0.717, 1.165) is 19.4 Å². The molecule has 1 fully saturated rings. The lowest BCUT2D eigenvalue weighted by Gasteiger charge is -2.28. The summed E-state index contributed by atoms with van der Waals surface area (Å²) >= 11 is 0. The SMILES string of the molecule is CC(C)(CCCNC(=O)OC(C)(C)C)NC[C@H]1COC(C)(C)O1. The molecule has 2 N–H and O–H groups in total. The first-order valence-corrected chi connectivity index (χ1v) is 8.42. The average Bonchev–Trinajstić information content (AvgIpc) is 2.70. The first-order chi connectivity index (χ1) is 10.4.